The van der Waals surface area contributed by atoms with Crippen molar-refractivity contribution in [2.24, 2.45) is 5.73 Å². The van der Waals surface area contributed by atoms with Crippen molar-refractivity contribution in [3.8, 4) is 0 Å². The Labute approximate surface area is 89.6 Å². The summed E-state index contributed by atoms with van der Waals surface area (Å²) in [5.41, 5.74) is 5.70. The fourth-order valence-electron chi connectivity index (χ4n) is 1.78. The van der Waals surface area contributed by atoms with Gasteiger partial charge in [-0.25, -0.2) is 4.79 Å². The highest BCUT2D eigenvalue weighted by molar-refractivity contribution is 5.87. The zero-order valence-corrected chi connectivity index (χ0v) is 9.23. The zero-order chi connectivity index (χ0) is 11.4. The van der Waals surface area contributed by atoms with Crippen molar-refractivity contribution in [3.63, 3.8) is 0 Å². The standard InChI is InChI=1S/C10H18N2O3/c1-7(10(14)15-2)12-6-4-3-5-8(11)9(12)13/h7-8H,3-6,11H2,1-2H3/t7-,8-/m0/s1. The predicted octanol–water partition coefficient (Wildman–Crippen LogP) is -0.112. The molecule has 2 N–H and O–H groups in total. The van der Waals surface area contributed by atoms with Crippen molar-refractivity contribution in [3.05, 3.63) is 0 Å². The summed E-state index contributed by atoms with van der Waals surface area (Å²) in [6, 6.07) is -1.01. The summed E-state index contributed by atoms with van der Waals surface area (Å²) in [7, 11) is 1.32. The van der Waals surface area contributed by atoms with E-state index in [1.54, 1.807) is 6.92 Å². The van der Waals surface area contributed by atoms with Crippen LogP contribution in [0.4, 0.5) is 0 Å². The summed E-state index contributed by atoms with van der Waals surface area (Å²) in [6.07, 6.45) is 2.52. The van der Waals surface area contributed by atoms with Crippen molar-refractivity contribution < 1.29 is 14.3 Å². The number of ether oxygens (including phenoxy) is 1. The Morgan fingerprint density at radius 2 is 2.27 bits per heavy atom. The molecular formula is C10H18N2O3. The van der Waals surface area contributed by atoms with E-state index in [1.165, 1.54) is 12.0 Å². The lowest BCUT2D eigenvalue weighted by molar-refractivity contribution is -0.152. The van der Waals surface area contributed by atoms with Gasteiger partial charge in [0.05, 0.1) is 13.2 Å². The minimum atomic E-state index is -0.536. The molecule has 0 aromatic carbocycles. The van der Waals surface area contributed by atoms with Crippen LogP contribution < -0.4 is 5.73 Å². The Balaban J connectivity index is 2.73. The summed E-state index contributed by atoms with van der Waals surface area (Å²) in [5.74, 6) is -0.539. The summed E-state index contributed by atoms with van der Waals surface area (Å²) in [4.78, 5) is 24.6. The molecule has 0 unspecified atom stereocenters. The topological polar surface area (TPSA) is 72.6 Å². The Morgan fingerprint density at radius 1 is 1.60 bits per heavy atom. The number of esters is 1. The number of nitrogens with zero attached hydrogens (tertiary/aromatic N) is 1. The van der Waals surface area contributed by atoms with Crippen LogP contribution in [0.1, 0.15) is 26.2 Å². The number of likely N-dealkylation sites (tertiary alicyclic amines) is 1. The Hall–Kier alpha value is -1.10. The molecule has 5 heteroatoms. The number of carbonyl (C=O) groups is 2. The smallest absolute Gasteiger partial charge is 0.328 e. The van der Waals surface area contributed by atoms with Gasteiger partial charge in [0, 0.05) is 6.54 Å². The van der Waals surface area contributed by atoms with Crippen LogP contribution in [0.15, 0.2) is 0 Å². The lowest BCUT2D eigenvalue weighted by Crippen LogP contribution is -2.49. The van der Waals surface area contributed by atoms with E-state index in [0.29, 0.717) is 13.0 Å². The Kier molecular flexibility index (Phi) is 4.08. The van der Waals surface area contributed by atoms with Crippen LogP contribution in [-0.4, -0.2) is 42.5 Å². The molecular weight excluding hydrogens is 196 g/mol. The minimum absolute atomic E-state index is 0.148. The van der Waals surface area contributed by atoms with Crippen molar-refractivity contribution in [2.75, 3.05) is 13.7 Å². The number of rotatable bonds is 2. The van der Waals surface area contributed by atoms with E-state index in [4.69, 9.17) is 5.73 Å². The van der Waals surface area contributed by atoms with E-state index in [0.717, 1.165) is 12.8 Å². The third-order valence-electron chi connectivity index (χ3n) is 2.77. The third-order valence-corrected chi connectivity index (χ3v) is 2.77. The first-order chi connectivity index (χ1) is 7.07. The zero-order valence-electron chi connectivity index (χ0n) is 9.23. The predicted molar refractivity (Wildman–Crippen MR) is 55.0 cm³/mol. The van der Waals surface area contributed by atoms with Gasteiger partial charge in [0.25, 0.3) is 0 Å². The quantitative estimate of drug-likeness (QED) is 0.651. The highest BCUT2D eigenvalue weighted by Crippen LogP contribution is 2.14. The van der Waals surface area contributed by atoms with Gasteiger partial charge in [-0.1, -0.05) is 0 Å². The van der Waals surface area contributed by atoms with Gasteiger partial charge >= 0.3 is 5.97 Å². The molecule has 0 radical (unpaired) electrons. The van der Waals surface area contributed by atoms with Gasteiger partial charge in [-0.15, -0.1) is 0 Å². The molecule has 1 rings (SSSR count). The molecule has 2 atom stereocenters. The summed E-state index contributed by atoms with van der Waals surface area (Å²) >= 11 is 0. The van der Waals surface area contributed by atoms with Crippen LogP contribution in [-0.2, 0) is 14.3 Å². The van der Waals surface area contributed by atoms with Crippen LogP contribution in [0, 0.1) is 0 Å². The van der Waals surface area contributed by atoms with E-state index in [9.17, 15) is 9.59 Å². The first-order valence-corrected chi connectivity index (χ1v) is 5.21. The highest BCUT2D eigenvalue weighted by atomic mass is 16.5. The maximum atomic E-state index is 11.8. The molecule has 0 spiro atoms. The van der Waals surface area contributed by atoms with Crippen LogP contribution >= 0.6 is 0 Å². The van der Waals surface area contributed by atoms with E-state index < -0.39 is 18.1 Å². The molecule has 0 saturated carbocycles. The summed E-state index contributed by atoms with van der Waals surface area (Å²) in [6.45, 7) is 2.25. The molecule has 0 aromatic rings. The van der Waals surface area contributed by atoms with Crippen LogP contribution in [0.5, 0.6) is 0 Å². The molecule has 1 aliphatic rings. The third kappa shape index (κ3) is 2.68. The summed E-state index contributed by atoms with van der Waals surface area (Å²) in [5, 5.41) is 0. The second-order valence-electron chi connectivity index (χ2n) is 3.83. The van der Waals surface area contributed by atoms with Gasteiger partial charge in [0.1, 0.15) is 6.04 Å². The molecule has 0 aliphatic carbocycles. The number of amides is 1. The van der Waals surface area contributed by atoms with Crippen molar-refractivity contribution in [2.45, 2.75) is 38.3 Å². The lowest BCUT2D eigenvalue weighted by atomic mass is 10.1. The summed E-state index contributed by atoms with van der Waals surface area (Å²) < 4.78 is 4.62. The maximum absolute atomic E-state index is 11.8. The first-order valence-electron chi connectivity index (χ1n) is 5.21. The number of hydrogen-bond donors (Lipinski definition) is 1. The van der Waals surface area contributed by atoms with E-state index >= 15 is 0 Å². The largest absolute Gasteiger partial charge is 0.467 e. The first kappa shape index (κ1) is 12.0. The monoisotopic (exact) mass is 214 g/mol. The van der Waals surface area contributed by atoms with Gasteiger partial charge in [0.15, 0.2) is 0 Å². The van der Waals surface area contributed by atoms with Gasteiger partial charge in [-0.3, -0.25) is 4.79 Å². The molecule has 5 nitrogen and oxygen atoms in total. The molecule has 1 amide bonds. The van der Waals surface area contributed by atoms with Crippen molar-refractivity contribution in [1.29, 1.82) is 0 Å². The van der Waals surface area contributed by atoms with Gasteiger partial charge in [0.2, 0.25) is 5.91 Å². The lowest BCUT2D eigenvalue weighted by Gasteiger charge is -2.27. The van der Waals surface area contributed by atoms with Gasteiger partial charge in [-0.05, 0) is 26.2 Å². The number of carbonyl (C=O) groups excluding carboxylic acids is 2. The van der Waals surface area contributed by atoms with Crippen LogP contribution in [0.3, 0.4) is 0 Å². The maximum Gasteiger partial charge on any atom is 0.328 e. The molecule has 1 fully saturated rings. The van der Waals surface area contributed by atoms with E-state index in [-0.39, 0.29) is 5.91 Å². The molecule has 0 aromatic heterocycles. The average Bonchev–Trinajstić information content (AvgIpc) is 2.40. The second-order valence-corrected chi connectivity index (χ2v) is 3.83. The Morgan fingerprint density at radius 3 is 2.87 bits per heavy atom. The van der Waals surface area contributed by atoms with Crippen molar-refractivity contribution >= 4 is 11.9 Å². The Bertz CT molecular complexity index is 255. The van der Waals surface area contributed by atoms with E-state index in [1.807, 2.05) is 0 Å². The van der Waals surface area contributed by atoms with Gasteiger partial charge in [-0.2, -0.15) is 0 Å². The molecule has 1 heterocycles. The molecule has 1 saturated heterocycles. The molecule has 15 heavy (non-hydrogen) atoms. The van der Waals surface area contributed by atoms with Gasteiger partial charge < -0.3 is 15.4 Å². The molecule has 86 valence electrons. The minimum Gasteiger partial charge on any atom is -0.467 e. The van der Waals surface area contributed by atoms with Crippen LogP contribution in [0.25, 0.3) is 0 Å². The number of hydrogen-bond acceptors (Lipinski definition) is 4. The van der Waals surface area contributed by atoms with Crippen molar-refractivity contribution in [1.82, 2.24) is 4.90 Å². The van der Waals surface area contributed by atoms with E-state index in [2.05, 4.69) is 4.74 Å². The number of methoxy groups -OCH3 is 1. The van der Waals surface area contributed by atoms with Crippen LogP contribution in [0.2, 0.25) is 0 Å². The normalized spacial score (nSPS) is 24.6. The molecule has 1 aliphatic heterocycles. The SMILES string of the molecule is COC(=O)[C@H](C)N1CCCC[C@H](N)C1=O. The average molecular weight is 214 g/mol. The fraction of sp³-hybridized carbons (Fsp3) is 0.800. The highest BCUT2D eigenvalue weighted by Gasteiger charge is 2.31. The second kappa shape index (κ2) is 5.11. The molecule has 0 bridgehead atoms. The fourth-order valence-corrected chi connectivity index (χ4v) is 1.78. The number of nitrogens with two attached hydrogens (primary N) is 1.